The van der Waals surface area contributed by atoms with Gasteiger partial charge >= 0.3 is 18.3 Å². The van der Waals surface area contributed by atoms with Crippen LogP contribution in [0.3, 0.4) is 0 Å². The topological polar surface area (TPSA) is 167 Å². The molecular formula is C23H21F6N7O6. The van der Waals surface area contributed by atoms with Gasteiger partial charge in [-0.05, 0) is 24.1 Å². The Bertz CT molecular complexity index is 1430. The summed E-state index contributed by atoms with van der Waals surface area (Å²) in [5.74, 6) is -4.68. The van der Waals surface area contributed by atoms with Crippen LogP contribution in [0.25, 0.3) is 5.69 Å². The number of hydrogen-bond donors (Lipinski definition) is 3. The molecule has 5 rings (SSSR count). The van der Waals surface area contributed by atoms with Crippen molar-refractivity contribution < 1.29 is 55.4 Å². The largest absolute Gasteiger partial charge is 0.490 e. The molecule has 2 atom stereocenters. The first kappa shape index (κ1) is 30.4. The fraction of sp³-hybridized carbons (Fsp3) is 0.435. The summed E-state index contributed by atoms with van der Waals surface area (Å²) in [4.78, 5) is 60.7. The van der Waals surface area contributed by atoms with E-state index in [0.29, 0.717) is 16.8 Å². The van der Waals surface area contributed by atoms with Gasteiger partial charge in [-0.25, -0.2) is 9.48 Å². The highest BCUT2D eigenvalue weighted by molar-refractivity contribution is 6.05. The third-order valence-corrected chi connectivity index (χ3v) is 6.59. The molecule has 3 aliphatic rings. The summed E-state index contributed by atoms with van der Waals surface area (Å²) in [5, 5.41) is 19.4. The number of piperidine rings is 1. The Morgan fingerprint density at radius 2 is 1.76 bits per heavy atom. The summed E-state index contributed by atoms with van der Waals surface area (Å²) < 4.78 is 72.1. The molecular weight excluding hydrogens is 584 g/mol. The van der Waals surface area contributed by atoms with Gasteiger partial charge in [0.25, 0.3) is 11.8 Å². The van der Waals surface area contributed by atoms with Crippen LogP contribution < -0.4 is 10.6 Å². The molecule has 0 spiro atoms. The van der Waals surface area contributed by atoms with Crippen molar-refractivity contribution in [2.45, 2.75) is 43.8 Å². The molecule has 19 heteroatoms. The van der Waals surface area contributed by atoms with Crippen molar-refractivity contribution in [2.24, 2.45) is 0 Å². The number of piperazine rings is 1. The number of carboxylic acid groups (broad SMARTS) is 1. The van der Waals surface area contributed by atoms with Crippen molar-refractivity contribution >= 4 is 29.6 Å². The molecule has 13 nitrogen and oxygen atoms in total. The van der Waals surface area contributed by atoms with Crippen molar-refractivity contribution in [3.05, 3.63) is 41.2 Å². The van der Waals surface area contributed by atoms with E-state index in [0.717, 1.165) is 4.90 Å². The number of hydrogen-bond acceptors (Lipinski definition) is 8. The van der Waals surface area contributed by atoms with Gasteiger partial charge in [-0.2, -0.15) is 26.3 Å². The van der Waals surface area contributed by atoms with E-state index in [-0.39, 0.29) is 50.0 Å². The van der Waals surface area contributed by atoms with E-state index in [9.17, 15) is 45.5 Å². The third kappa shape index (κ3) is 6.50. The lowest BCUT2D eigenvalue weighted by molar-refractivity contribution is -0.192. The van der Waals surface area contributed by atoms with Crippen LogP contribution in [0.5, 0.6) is 0 Å². The molecule has 2 unspecified atom stereocenters. The number of nitrogens with zero attached hydrogens (tertiary/aromatic N) is 5. The number of halogens is 6. The fourth-order valence-electron chi connectivity index (χ4n) is 4.49. The Morgan fingerprint density at radius 3 is 2.38 bits per heavy atom. The summed E-state index contributed by atoms with van der Waals surface area (Å²) in [7, 11) is 0. The lowest BCUT2D eigenvalue weighted by Gasteiger charge is -2.34. The molecule has 4 heterocycles. The summed E-state index contributed by atoms with van der Waals surface area (Å²) in [5.41, 5.74) is 1.34. The first-order valence-electron chi connectivity index (χ1n) is 12.2. The maximum absolute atomic E-state index is 13.0. The van der Waals surface area contributed by atoms with E-state index in [1.807, 2.05) is 0 Å². The van der Waals surface area contributed by atoms with Crippen molar-refractivity contribution in [1.29, 1.82) is 0 Å². The molecule has 2 aromatic rings. The number of aromatic nitrogens is 3. The predicted octanol–water partition coefficient (Wildman–Crippen LogP) is 0.638. The van der Waals surface area contributed by atoms with E-state index < -0.39 is 48.8 Å². The van der Waals surface area contributed by atoms with Gasteiger partial charge in [0.2, 0.25) is 11.8 Å². The van der Waals surface area contributed by atoms with Crippen molar-refractivity contribution in [3.63, 3.8) is 0 Å². The van der Waals surface area contributed by atoms with Gasteiger partial charge in [0.05, 0.1) is 11.9 Å². The lowest BCUT2D eigenvalue weighted by atomic mass is 10.0. The third-order valence-electron chi connectivity index (χ3n) is 6.59. The molecule has 226 valence electrons. The second-order valence-electron chi connectivity index (χ2n) is 9.39. The van der Waals surface area contributed by atoms with Gasteiger partial charge in [-0.1, -0.05) is 11.3 Å². The number of amides is 4. The number of benzene rings is 1. The number of aliphatic carboxylic acids is 1. The minimum atomic E-state index is -5.08. The highest BCUT2D eigenvalue weighted by Gasteiger charge is 2.43. The maximum Gasteiger partial charge on any atom is 0.490 e. The van der Waals surface area contributed by atoms with Gasteiger partial charge in [0.15, 0.2) is 5.69 Å². The summed E-state index contributed by atoms with van der Waals surface area (Å²) in [6.07, 6.45) is -7.87. The minimum Gasteiger partial charge on any atom is -0.475 e. The minimum absolute atomic E-state index is 0.000660. The van der Waals surface area contributed by atoms with Crippen LogP contribution in [0.15, 0.2) is 24.4 Å². The number of carbonyl (C=O) groups is 5. The maximum atomic E-state index is 13.0. The van der Waals surface area contributed by atoms with E-state index in [2.05, 4.69) is 20.9 Å². The molecule has 2 saturated heterocycles. The van der Waals surface area contributed by atoms with Crippen LogP contribution in [0, 0.1) is 0 Å². The molecule has 0 bridgehead atoms. The highest BCUT2D eigenvalue weighted by Crippen LogP contribution is 2.29. The van der Waals surface area contributed by atoms with Gasteiger partial charge in [0, 0.05) is 38.2 Å². The number of carbonyl (C=O) groups excluding carboxylic acids is 4. The first-order chi connectivity index (χ1) is 19.6. The molecule has 2 fully saturated rings. The van der Waals surface area contributed by atoms with Crippen LogP contribution in [0.1, 0.15) is 39.3 Å². The SMILES string of the molecule is O=C(O)C(F)(F)F.O=C1CCC(N2Cc3ccc(-n4cc(C(=O)N5CCNC(C(F)(F)F)C5)nn4)cc3C2=O)C(=O)N1. The average Bonchev–Trinajstić information content (AvgIpc) is 3.53. The lowest BCUT2D eigenvalue weighted by Crippen LogP contribution is -2.58. The van der Waals surface area contributed by atoms with Crippen LogP contribution >= 0.6 is 0 Å². The summed E-state index contributed by atoms with van der Waals surface area (Å²) in [6, 6.07) is 2.35. The number of fused-ring (bicyclic) bond motifs is 1. The summed E-state index contributed by atoms with van der Waals surface area (Å²) >= 11 is 0. The number of imide groups is 1. The molecule has 42 heavy (non-hydrogen) atoms. The zero-order valence-electron chi connectivity index (χ0n) is 21.2. The quantitative estimate of drug-likeness (QED) is 0.336. The van der Waals surface area contributed by atoms with E-state index in [4.69, 9.17) is 9.90 Å². The van der Waals surface area contributed by atoms with Crippen molar-refractivity contribution in [3.8, 4) is 5.69 Å². The Morgan fingerprint density at radius 1 is 1.07 bits per heavy atom. The highest BCUT2D eigenvalue weighted by atomic mass is 19.4. The second-order valence-corrected chi connectivity index (χ2v) is 9.39. The Hall–Kier alpha value is -4.55. The van der Waals surface area contributed by atoms with Gasteiger partial charge in [0.1, 0.15) is 12.1 Å². The zero-order valence-corrected chi connectivity index (χ0v) is 21.2. The standard InChI is InChI=1S/C21H20F3N7O4.C2HF3O2/c22-21(23,24)16-10-29(6-5-25-16)20(35)14-9-31(28-27-14)12-2-1-11-8-30(19(34)13(11)7-12)15-3-4-17(32)26-18(15)33;3-2(4,5)1(6)7/h1-2,7,9,15-16,25H,3-6,8,10H2,(H,26,32,33);(H,6,7). The summed E-state index contributed by atoms with van der Waals surface area (Å²) in [6.45, 7) is -0.216. The van der Waals surface area contributed by atoms with E-state index in [1.54, 1.807) is 18.2 Å². The average molecular weight is 605 g/mol. The van der Waals surface area contributed by atoms with Gasteiger partial charge in [-0.3, -0.25) is 24.5 Å². The monoisotopic (exact) mass is 605 g/mol. The van der Waals surface area contributed by atoms with Crippen LogP contribution in [-0.2, 0) is 20.9 Å². The first-order valence-corrected chi connectivity index (χ1v) is 12.2. The molecule has 0 saturated carbocycles. The van der Waals surface area contributed by atoms with Crippen molar-refractivity contribution in [1.82, 2.24) is 35.4 Å². The number of carboxylic acids is 1. The van der Waals surface area contributed by atoms with Gasteiger partial charge < -0.3 is 20.2 Å². The van der Waals surface area contributed by atoms with Crippen LogP contribution in [0.4, 0.5) is 26.3 Å². The van der Waals surface area contributed by atoms with Crippen molar-refractivity contribution in [2.75, 3.05) is 19.6 Å². The molecule has 0 aliphatic carbocycles. The Labute approximate surface area is 231 Å². The predicted molar refractivity (Wildman–Crippen MR) is 125 cm³/mol. The normalized spacial score (nSPS) is 21.0. The van der Waals surface area contributed by atoms with Gasteiger partial charge in [-0.15, -0.1) is 5.10 Å². The fourth-order valence-corrected chi connectivity index (χ4v) is 4.49. The molecule has 4 amide bonds. The molecule has 1 aromatic carbocycles. The second kappa shape index (κ2) is 11.4. The van der Waals surface area contributed by atoms with Crippen LogP contribution in [0.2, 0.25) is 0 Å². The van der Waals surface area contributed by atoms with E-state index in [1.165, 1.54) is 15.8 Å². The molecule has 0 radical (unpaired) electrons. The smallest absolute Gasteiger partial charge is 0.475 e. The van der Waals surface area contributed by atoms with E-state index >= 15 is 0 Å². The van der Waals surface area contributed by atoms with Crippen LogP contribution in [-0.4, -0.2) is 104 Å². The zero-order chi connectivity index (χ0) is 31.0. The number of rotatable bonds is 3. The molecule has 3 aliphatic heterocycles. The molecule has 3 N–H and O–H groups in total. The number of nitrogens with one attached hydrogen (secondary N) is 2. The Kier molecular flexibility index (Phi) is 8.24. The Balaban J connectivity index is 0.000000517. The number of alkyl halides is 6. The molecule has 1 aromatic heterocycles.